The van der Waals surface area contributed by atoms with Gasteiger partial charge in [0.15, 0.2) is 0 Å². The Morgan fingerprint density at radius 2 is 2.05 bits per heavy atom. The van der Waals surface area contributed by atoms with E-state index in [2.05, 4.69) is 10.4 Å². The van der Waals surface area contributed by atoms with Gasteiger partial charge in [0.05, 0.1) is 11.9 Å². The predicted octanol–water partition coefficient (Wildman–Crippen LogP) is 0.930. The molecule has 6 nitrogen and oxygen atoms in total. The lowest BCUT2D eigenvalue weighted by Crippen LogP contribution is -2.38. The molecule has 0 aliphatic rings. The highest BCUT2D eigenvalue weighted by molar-refractivity contribution is 5.75. The van der Waals surface area contributed by atoms with E-state index in [1.165, 1.54) is 10.7 Å². The zero-order valence-corrected chi connectivity index (χ0v) is 12.2. The summed E-state index contributed by atoms with van der Waals surface area (Å²) >= 11 is 0. The van der Waals surface area contributed by atoms with E-state index in [9.17, 15) is 9.59 Å². The third-order valence-corrected chi connectivity index (χ3v) is 2.78. The summed E-state index contributed by atoms with van der Waals surface area (Å²) in [4.78, 5) is 25.3. The molecule has 1 heterocycles. The lowest BCUT2D eigenvalue weighted by Gasteiger charge is -2.21. The van der Waals surface area contributed by atoms with Crippen molar-refractivity contribution in [2.24, 2.45) is 0 Å². The van der Waals surface area contributed by atoms with Gasteiger partial charge in [-0.15, -0.1) is 0 Å². The average molecular weight is 266 g/mol. The van der Waals surface area contributed by atoms with Crippen molar-refractivity contribution in [3.8, 4) is 0 Å². The fourth-order valence-corrected chi connectivity index (χ4v) is 1.49. The maximum Gasteiger partial charge on any atom is 0.269 e. The lowest BCUT2D eigenvalue weighted by atomic mass is 10.3. The topological polar surface area (TPSA) is 67.2 Å². The van der Waals surface area contributed by atoms with E-state index < -0.39 is 0 Å². The Balaban J connectivity index is 2.81. The van der Waals surface area contributed by atoms with Crippen LogP contribution in [0.1, 0.15) is 27.7 Å². The second-order valence-corrected chi connectivity index (χ2v) is 5.14. The highest BCUT2D eigenvalue weighted by atomic mass is 16.2. The van der Waals surface area contributed by atoms with Crippen molar-refractivity contribution < 1.29 is 4.79 Å². The fraction of sp³-hybridized carbons (Fsp3) is 0.615. The van der Waals surface area contributed by atoms with Gasteiger partial charge in [-0.3, -0.25) is 9.59 Å². The van der Waals surface area contributed by atoms with Gasteiger partial charge in [0, 0.05) is 25.2 Å². The number of likely N-dealkylation sites (N-methyl/N-ethyl adjacent to an activating group) is 1. The van der Waals surface area contributed by atoms with Gasteiger partial charge in [0.1, 0.15) is 6.54 Å². The molecule has 0 aliphatic heterocycles. The molecule has 106 valence electrons. The molecule has 6 heteroatoms. The molecule has 1 amide bonds. The molecule has 0 fully saturated rings. The number of hydrogen-bond acceptors (Lipinski definition) is 4. The molecule has 0 unspecified atom stereocenters. The molecular formula is C13H22N4O2. The number of carbonyl (C=O) groups excluding carboxylic acids is 1. The molecule has 19 heavy (non-hydrogen) atoms. The Morgan fingerprint density at radius 1 is 1.42 bits per heavy atom. The zero-order chi connectivity index (χ0) is 14.6. The SMILES string of the molecule is CC(C)Nc1cnn(CC(=O)N(C)C(C)C)c(=O)c1. The summed E-state index contributed by atoms with van der Waals surface area (Å²) in [6.45, 7) is 7.77. The Kier molecular flexibility index (Phi) is 5.09. The summed E-state index contributed by atoms with van der Waals surface area (Å²) in [5, 5.41) is 7.10. The summed E-state index contributed by atoms with van der Waals surface area (Å²) < 4.78 is 1.17. The maximum atomic E-state index is 11.9. The second kappa shape index (κ2) is 6.36. The normalized spacial score (nSPS) is 10.9. The Morgan fingerprint density at radius 3 is 2.53 bits per heavy atom. The van der Waals surface area contributed by atoms with Crippen molar-refractivity contribution in [1.29, 1.82) is 0 Å². The minimum atomic E-state index is -0.281. The van der Waals surface area contributed by atoms with Gasteiger partial charge < -0.3 is 10.2 Å². The minimum absolute atomic E-state index is 0.0323. The molecule has 1 N–H and O–H groups in total. The van der Waals surface area contributed by atoms with Crippen molar-refractivity contribution in [2.45, 2.75) is 46.3 Å². The first-order valence-electron chi connectivity index (χ1n) is 6.40. The Bertz CT molecular complexity index is 494. The number of aromatic nitrogens is 2. The molecule has 0 radical (unpaired) electrons. The van der Waals surface area contributed by atoms with Crippen LogP contribution in [0, 0.1) is 0 Å². The van der Waals surface area contributed by atoms with Crippen LogP contribution < -0.4 is 10.9 Å². The number of carbonyl (C=O) groups is 1. The molecule has 0 spiro atoms. The number of nitrogens with zero attached hydrogens (tertiary/aromatic N) is 3. The van der Waals surface area contributed by atoms with E-state index in [0.29, 0.717) is 5.69 Å². The highest BCUT2D eigenvalue weighted by Gasteiger charge is 2.13. The van der Waals surface area contributed by atoms with Crippen LogP contribution in [0.25, 0.3) is 0 Å². The third kappa shape index (κ3) is 4.39. The third-order valence-electron chi connectivity index (χ3n) is 2.78. The summed E-state index contributed by atoms with van der Waals surface area (Å²) in [5.74, 6) is -0.130. The summed E-state index contributed by atoms with van der Waals surface area (Å²) in [5.41, 5.74) is 0.386. The molecule has 1 aromatic rings. The second-order valence-electron chi connectivity index (χ2n) is 5.14. The largest absolute Gasteiger partial charge is 0.381 e. The maximum absolute atomic E-state index is 11.9. The smallest absolute Gasteiger partial charge is 0.269 e. The van der Waals surface area contributed by atoms with Gasteiger partial charge in [-0.25, -0.2) is 4.68 Å². The number of hydrogen-bond donors (Lipinski definition) is 1. The molecule has 0 saturated heterocycles. The molecule has 0 aliphatic carbocycles. The standard InChI is InChI=1S/C13H22N4O2/c1-9(2)15-11-6-12(18)17(14-7-11)8-13(19)16(5)10(3)4/h6-7,9-10,15H,8H2,1-5H3. The van der Waals surface area contributed by atoms with Crippen molar-refractivity contribution >= 4 is 11.6 Å². The van der Waals surface area contributed by atoms with E-state index in [-0.39, 0.29) is 30.1 Å². The van der Waals surface area contributed by atoms with Crippen molar-refractivity contribution in [3.63, 3.8) is 0 Å². The lowest BCUT2D eigenvalue weighted by molar-refractivity contribution is -0.132. The molecule has 0 bridgehead atoms. The van der Waals surface area contributed by atoms with Gasteiger partial charge in [0.25, 0.3) is 5.56 Å². The molecule has 0 aromatic carbocycles. The van der Waals surface area contributed by atoms with Gasteiger partial charge >= 0.3 is 0 Å². The Labute approximate surface area is 113 Å². The number of rotatable bonds is 5. The van der Waals surface area contributed by atoms with Crippen LogP contribution in [0.3, 0.4) is 0 Å². The first kappa shape index (κ1) is 15.2. The minimum Gasteiger partial charge on any atom is -0.381 e. The van der Waals surface area contributed by atoms with Gasteiger partial charge in [0.2, 0.25) is 5.91 Å². The first-order valence-corrected chi connectivity index (χ1v) is 6.40. The van der Waals surface area contributed by atoms with Crippen molar-refractivity contribution in [2.75, 3.05) is 12.4 Å². The van der Waals surface area contributed by atoms with Crippen LogP contribution in [0.5, 0.6) is 0 Å². The predicted molar refractivity (Wildman–Crippen MR) is 75.2 cm³/mol. The van der Waals surface area contributed by atoms with Gasteiger partial charge in [-0.1, -0.05) is 0 Å². The van der Waals surface area contributed by atoms with Gasteiger partial charge in [-0.2, -0.15) is 5.10 Å². The first-order chi connectivity index (χ1) is 8.81. The van der Waals surface area contributed by atoms with Gasteiger partial charge in [-0.05, 0) is 27.7 Å². The quantitative estimate of drug-likeness (QED) is 0.861. The van der Waals surface area contributed by atoms with E-state index >= 15 is 0 Å². The van der Waals surface area contributed by atoms with Crippen molar-refractivity contribution in [3.05, 3.63) is 22.6 Å². The number of amides is 1. The van der Waals surface area contributed by atoms with Crippen LogP contribution in [-0.2, 0) is 11.3 Å². The van der Waals surface area contributed by atoms with Crippen LogP contribution in [0.4, 0.5) is 5.69 Å². The zero-order valence-electron chi connectivity index (χ0n) is 12.2. The number of nitrogens with one attached hydrogen (secondary N) is 1. The summed E-state index contributed by atoms with van der Waals surface area (Å²) in [6.07, 6.45) is 1.56. The molecule has 1 aromatic heterocycles. The molecule has 0 saturated carbocycles. The average Bonchev–Trinajstić information content (AvgIpc) is 2.30. The monoisotopic (exact) mass is 266 g/mol. The summed E-state index contributed by atoms with van der Waals surface area (Å²) in [6, 6.07) is 1.78. The van der Waals surface area contributed by atoms with E-state index in [1.807, 2.05) is 27.7 Å². The Hall–Kier alpha value is -1.85. The van der Waals surface area contributed by atoms with E-state index in [0.717, 1.165) is 0 Å². The van der Waals surface area contributed by atoms with Crippen LogP contribution in [-0.4, -0.2) is 39.7 Å². The molecule has 1 rings (SSSR count). The van der Waals surface area contributed by atoms with E-state index in [1.54, 1.807) is 18.1 Å². The molecular weight excluding hydrogens is 244 g/mol. The molecule has 0 atom stereocenters. The fourth-order valence-electron chi connectivity index (χ4n) is 1.49. The number of anilines is 1. The highest BCUT2D eigenvalue weighted by Crippen LogP contribution is 2.02. The van der Waals surface area contributed by atoms with Crippen LogP contribution in [0.15, 0.2) is 17.1 Å². The van der Waals surface area contributed by atoms with Crippen LogP contribution in [0.2, 0.25) is 0 Å². The summed E-state index contributed by atoms with van der Waals surface area (Å²) in [7, 11) is 1.72. The van der Waals surface area contributed by atoms with E-state index in [4.69, 9.17) is 0 Å². The van der Waals surface area contributed by atoms with Crippen molar-refractivity contribution in [1.82, 2.24) is 14.7 Å². The van der Waals surface area contributed by atoms with Crippen LogP contribution >= 0.6 is 0 Å².